The lowest BCUT2D eigenvalue weighted by Gasteiger charge is -2.30. The maximum absolute atomic E-state index is 13.0. The van der Waals surface area contributed by atoms with Crippen molar-refractivity contribution in [2.24, 2.45) is 0 Å². The molecule has 0 spiro atoms. The van der Waals surface area contributed by atoms with Crippen LogP contribution >= 0.6 is 0 Å². The Labute approximate surface area is 185 Å². The molecule has 0 unspecified atom stereocenters. The molecular weight excluding hydrogens is 426 g/mol. The number of carbonyl (C=O) groups is 5. The van der Waals surface area contributed by atoms with Gasteiger partial charge in [-0.15, -0.1) is 0 Å². The summed E-state index contributed by atoms with van der Waals surface area (Å²) in [6.07, 6.45) is -4.74. The van der Waals surface area contributed by atoms with E-state index >= 15 is 0 Å². The highest BCUT2D eigenvalue weighted by Crippen LogP contribution is 2.19. The molecule has 0 bridgehead atoms. The quantitative estimate of drug-likeness (QED) is 0.385. The number of ether oxygens (including phenoxy) is 5. The zero-order valence-electron chi connectivity index (χ0n) is 18.5. The summed E-state index contributed by atoms with van der Waals surface area (Å²) >= 11 is 0. The summed E-state index contributed by atoms with van der Waals surface area (Å²) < 4.78 is 25.5. The largest absolute Gasteiger partial charge is 0.494 e. The molecule has 1 aromatic rings. The van der Waals surface area contributed by atoms with Gasteiger partial charge in [-0.3, -0.25) is 24.0 Å². The van der Waals surface area contributed by atoms with E-state index in [2.05, 4.69) is 5.32 Å². The molecule has 0 aliphatic carbocycles. The number of esters is 4. The highest BCUT2D eigenvalue weighted by molar-refractivity contribution is 5.96. The molecule has 0 radical (unpaired) electrons. The second-order valence-corrected chi connectivity index (χ2v) is 6.50. The smallest absolute Gasteiger partial charge is 0.303 e. The van der Waals surface area contributed by atoms with Crippen molar-refractivity contribution >= 4 is 35.5 Å². The molecule has 0 saturated heterocycles. The van der Waals surface area contributed by atoms with Gasteiger partial charge in [0.15, 0.2) is 12.2 Å². The minimum absolute atomic E-state index is 0.334. The van der Waals surface area contributed by atoms with Crippen molar-refractivity contribution in [1.29, 1.82) is 0 Å². The lowest BCUT2D eigenvalue weighted by Crippen LogP contribution is -2.52. The number of hydrogen-bond acceptors (Lipinski definition) is 10. The Bertz CT molecular complexity index is 820. The lowest BCUT2D eigenvalue weighted by molar-refractivity contribution is -0.190. The Kier molecular flexibility index (Phi) is 10.7. The number of anilines is 1. The van der Waals surface area contributed by atoms with Crippen molar-refractivity contribution in [3.05, 3.63) is 24.3 Å². The summed E-state index contributed by atoms with van der Waals surface area (Å²) in [7, 11) is 0. The summed E-state index contributed by atoms with van der Waals surface area (Å²) in [6, 6.07) is 6.34. The first-order chi connectivity index (χ1) is 15.0. The lowest BCUT2D eigenvalue weighted by atomic mass is 10.1. The van der Waals surface area contributed by atoms with Gasteiger partial charge in [0.25, 0.3) is 5.91 Å². The molecule has 0 fully saturated rings. The number of hydrogen-bond donors (Lipinski definition) is 1. The van der Waals surface area contributed by atoms with Crippen LogP contribution in [0.5, 0.6) is 5.75 Å². The van der Waals surface area contributed by atoms with Crippen LogP contribution in [0, 0.1) is 0 Å². The standard InChI is InChI=1S/C21H27NO10/c1-6-28-17-9-7-16(8-10-17)22-21(27)20(32-15(5)26)19(31-14(4)25)18(30-13(3)24)11-29-12(2)23/h7-10,18-20H,6,11H2,1-5H3,(H,22,27)/t18-,19+,20-/m0/s1. The molecule has 0 saturated carbocycles. The molecule has 32 heavy (non-hydrogen) atoms. The summed E-state index contributed by atoms with van der Waals surface area (Å²) in [6.45, 7) is 6.04. The van der Waals surface area contributed by atoms with Gasteiger partial charge in [-0.1, -0.05) is 0 Å². The molecule has 1 N–H and O–H groups in total. The van der Waals surface area contributed by atoms with Gasteiger partial charge in [0.05, 0.1) is 6.61 Å². The fourth-order valence-electron chi connectivity index (χ4n) is 2.60. The van der Waals surface area contributed by atoms with E-state index in [0.29, 0.717) is 18.0 Å². The first-order valence-electron chi connectivity index (χ1n) is 9.72. The molecule has 11 nitrogen and oxygen atoms in total. The second-order valence-electron chi connectivity index (χ2n) is 6.50. The van der Waals surface area contributed by atoms with E-state index in [4.69, 9.17) is 23.7 Å². The van der Waals surface area contributed by atoms with E-state index in [-0.39, 0.29) is 0 Å². The van der Waals surface area contributed by atoms with Gasteiger partial charge < -0.3 is 29.0 Å². The fourth-order valence-corrected chi connectivity index (χ4v) is 2.60. The van der Waals surface area contributed by atoms with Crippen molar-refractivity contribution in [2.75, 3.05) is 18.5 Å². The van der Waals surface area contributed by atoms with E-state index in [1.807, 2.05) is 6.92 Å². The Morgan fingerprint density at radius 3 is 1.84 bits per heavy atom. The van der Waals surface area contributed by atoms with Crippen LogP contribution in [0.4, 0.5) is 5.69 Å². The van der Waals surface area contributed by atoms with Crippen LogP contribution in [0.3, 0.4) is 0 Å². The maximum Gasteiger partial charge on any atom is 0.303 e. The zero-order valence-corrected chi connectivity index (χ0v) is 18.5. The molecule has 176 valence electrons. The van der Waals surface area contributed by atoms with Gasteiger partial charge in [0, 0.05) is 33.4 Å². The Morgan fingerprint density at radius 2 is 1.38 bits per heavy atom. The van der Waals surface area contributed by atoms with E-state index in [1.54, 1.807) is 24.3 Å². The summed E-state index contributed by atoms with van der Waals surface area (Å²) in [5.74, 6) is -3.49. The van der Waals surface area contributed by atoms with E-state index in [0.717, 1.165) is 27.7 Å². The number of rotatable bonds is 11. The number of benzene rings is 1. The Morgan fingerprint density at radius 1 is 0.812 bits per heavy atom. The SMILES string of the molecule is CCOc1ccc(NC(=O)[C@@H](OC(C)=O)[C@H](OC(C)=O)[C@H](COC(C)=O)OC(C)=O)cc1. The van der Waals surface area contributed by atoms with Crippen LogP contribution in [0.1, 0.15) is 34.6 Å². The molecule has 1 aromatic carbocycles. The highest BCUT2D eigenvalue weighted by Gasteiger charge is 2.42. The normalized spacial score (nSPS) is 13.0. The highest BCUT2D eigenvalue weighted by atomic mass is 16.6. The molecule has 0 aromatic heterocycles. The first kappa shape index (κ1) is 26.4. The van der Waals surface area contributed by atoms with Gasteiger partial charge in [0.1, 0.15) is 12.4 Å². The van der Waals surface area contributed by atoms with E-state index < -0.39 is 54.7 Å². The summed E-state index contributed by atoms with van der Waals surface area (Å²) in [5.41, 5.74) is 0.334. The fraction of sp³-hybridized carbons (Fsp3) is 0.476. The predicted octanol–water partition coefficient (Wildman–Crippen LogP) is 1.38. The average Bonchev–Trinajstić information content (AvgIpc) is 2.68. The van der Waals surface area contributed by atoms with Gasteiger partial charge in [-0.05, 0) is 31.2 Å². The van der Waals surface area contributed by atoms with Crippen LogP contribution in [0.2, 0.25) is 0 Å². The van der Waals surface area contributed by atoms with Crippen molar-refractivity contribution < 1.29 is 47.7 Å². The van der Waals surface area contributed by atoms with Crippen LogP contribution in [0.25, 0.3) is 0 Å². The van der Waals surface area contributed by atoms with E-state index in [1.165, 1.54) is 0 Å². The van der Waals surface area contributed by atoms with Crippen molar-refractivity contribution in [2.45, 2.75) is 52.9 Å². The molecule has 1 rings (SSSR count). The molecule has 0 aliphatic heterocycles. The zero-order chi connectivity index (χ0) is 24.3. The summed E-state index contributed by atoms with van der Waals surface area (Å²) in [4.78, 5) is 59.1. The van der Waals surface area contributed by atoms with Crippen LogP contribution in [-0.2, 0) is 42.9 Å². The Hall–Kier alpha value is -3.63. The van der Waals surface area contributed by atoms with Crippen LogP contribution < -0.4 is 10.1 Å². The van der Waals surface area contributed by atoms with Crippen molar-refractivity contribution in [3.63, 3.8) is 0 Å². The number of carbonyl (C=O) groups excluding carboxylic acids is 5. The summed E-state index contributed by atoms with van der Waals surface area (Å²) in [5, 5.41) is 2.53. The van der Waals surface area contributed by atoms with Crippen LogP contribution in [0.15, 0.2) is 24.3 Å². The minimum atomic E-state index is -1.72. The molecular formula is C21H27NO10. The maximum atomic E-state index is 13.0. The van der Waals surface area contributed by atoms with Crippen LogP contribution in [-0.4, -0.2) is 61.3 Å². The predicted molar refractivity (Wildman–Crippen MR) is 110 cm³/mol. The molecule has 11 heteroatoms. The molecule has 1 amide bonds. The topological polar surface area (TPSA) is 144 Å². The van der Waals surface area contributed by atoms with Gasteiger partial charge in [-0.2, -0.15) is 0 Å². The molecule has 0 heterocycles. The van der Waals surface area contributed by atoms with Gasteiger partial charge in [0.2, 0.25) is 6.10 Å². The van der Waals surface area contributed by atoms with Gasteiger partial charge in [-0.25, -0.2) is 0 Å². The second kappa shape index (κ2) is 12.9. The minimum Gasteiger partial charge on any atom is -0.494 e. The third-order valence-corrected chi connectivity index (χ3v) is 3.72. The molecule has 3 atom stereocenters. The third-order valence-electron chi connectivity index (χ3n) is 3.72. The number of amides is 1. The van der Waals surface area contributed by atoms with Gasteiger partial charge >= 0.3 is 23.9 Å². The molecule has 0 aliphatic rings. The monoisotopic (exact) mass is 453 g/mol. The third kappa shape index (κ3) is 9.45. The first-order valence-corrected chi connectivity index (χ1v) is 9.72. The average molecular weight is 453 g/mol. The number of nitrogens with one attached hydrogen (secondary N) is 1. The van der Waals surface area contributed by atoms with E-state index in [9.17, 15) is 24.0 Å². The van der Waals surface area contributed by atoms with Crippen molar-refractivity contribution in [1.82, 2.24) is 0 Å². The Balaban J connectivity index is 3.23. The van der Waals surface area contributed by atoms with Crippen molar-refractivity contribution in [3.8, 4) is 5.75 Å².